The van der Waals surface area contributed by atoms with Crippen LogP contribution in [0.25, 0.3) is 6.08 Å². The third-order valence-corrected chi connectivity index (χ3v) is 3.45. The van der Waals surface area contributed by atoms with Crippen LogP contribution in [0.15, 0.2) is 54.1 Å². The second-order valence-corrected chi connectivity index (χ2v) is 5.64. The Hall–Kier alpha value is -2.93. The Labute approximate surface area is 141 Å². The van der Waals surface area contributed by atoms with Crippen molar-refractivity contribution >= 4 is 11.9 Å². The molecular formula is C20H18FNO2. The maximum Gasteiger partial charge on any atom is 0.175 e. The summed E-state index contributed by atoms with van der Waals surface area (Å²) in [6, 6.07) is 15.3. The molecule has 2 aromatic rings. The van der Waals surface area contributed by atoms with Crippen LogP contribution in [0.2, 0.25) is 0 Å². The van der Waals surface area contributed by atoms with Crippen molar-refractivity contribution in [2.45, 2.75) is 20.5 Å². The Morgan fingerprint density at radius 1 is 1.21 bits per heavy atom. The van der Waals surface area contributed by atoms with Gasteiger partial charge in [-0.3, -0.25) is 4.79 Å². The van der Waals surface area contributed by atoms with Crippen LogP contribution in [0.1, 0.15) is 25.0 Å². The number of carbonyl (C=O) groups excluding carboxylic acids is 1. The molecule has 122 valence electrons. The summed E-state index contributed by atoms with van der Waals surface area (Å²) in [6.07, 6.45) is 1.56. The fraction of sp³-hybridized carbons (Fsp3) is 0.200. The minimum atomic E-state index is -0.303. The molecule has 4 heteroatoms. The topological polar surface area (TPSA) is 50.1 Å². The lowest BCUT2D eigenvalue weighted by Crippen LogP contribution is -2.08. The number of nitrogens with zero attached hydrogens (tertiary/aromatic N) is 1. The normalized spacial score (nSPS) is 11.2. The van der Waals surface area contributed by atoms with Gasteiger partial charge in [0.1, 0.15) is 24.2 Å². The van der Waals surface area contributed by atoms with Gasteiger partial charge in [0, 0.05) is 11.5 Å². The molecule has 0 aliphatic heterocycles. The molecule has 0 bridgehead atoms. The van der Waals surface area contributed by atoms with Gasteiger partial charge in [-0.2, -0.15) is 5.26 Å². The van der Waals surface area contributed by atoms with E-state index >= 15 is 0 Å². The van der Waals surface area contributed by atoms with E-state index in [1.807, 2.05) is 6.07 Å². The fourth-order valence-electron chi connectivity index (χ4n) is 2.07. The first kappa shape index (κ1) is 17.4. The van der Waals surface area contributed by atoms with Crippen molar-refractivity contribution < 1.29 is 13.9 Å². The number of allylic oxidation sites excluding steroid dienone is 1. The highest BCUT2D eigenvalue weighted by atomic mass is 19.1. The van der Waals surface area contributed by atoms with Crippen LogP contribution in [0.4, 0.5) is 4.39 Å². The molecule has 0 N–H and O–H groups in total. The zero-order valence-corrected chi connectivity index (χ0v) is 13.6. The molecule has 0 atom stereocenters. The van der Waals surface area contributed by atoms with Crippen LogP contribution >= 0.6 is 0 Å². The number of hydrogen-bond acceptors (Lipinski definition) is 3. The second kappa shape index (κ2) is 8.07. The molecular weight excluding hydrogens is 305 g/mol. The van der Waals surface area contributed by atoms with E-state index in [4.69, 9.17) is 10.00 Å². The Morgan fingerprint density at radius 2 is 1.88 bits per heavy atom. The summed E-state index contributed by atoms with van der Waals surface area (Å²) >= 11 is 0. The van der Waals surface area contributed by atoms with Crippen LogP contribution in [-0.4, -0.2) is 5.78 Å². The number of ether oxygens (including phenoxy) is 1. The molecule has 0 aromatic heterocycles. The van der Waals surface area contributed by atoms with E-state index in [0.717, 1.165) is 5.56 Å². The van der Waals surface area contributed by atoms with E-state index in [-0.39, 0.29) is 29.7 Å². The van der Waals surface area contributed by atoms with Gasteiger partial charge < -0.3 is 4.74 Å². The highest BCUT2D eigenvalue weighted by Crippen LogP contribution is 2.18. The van der Waals surface area contributed by atoms with Gasteiger partial charge in [-0.1, -0.05) is 44.2 Å². The van der Waals surface area contributed by atoms with Crippen LogP contribution in [-0.2, 0) is 11.4 Å². The van der Waals surface area contributed by atoms with Crippen molar-refractivity contribution in [1.82, 2.24) is 0 Å². The van der Waals surface area contributed by atoms with Crippen LogP contribution in [0.3, 0.4) is 0 Å². The molecule has 0 fully saturated rings. The molecule has 0 aliphatic carbocycles. The summed E-state index contributed by atoms with van der Waals surface area (Å²) in [5.74, 6) is -0.122. The minimum Gasteiger partial charge on any atom is -0.489 e. The number of ketones is 1. The molecule has 0 saturated carbocycles. The Bertz CT molecular complexity index is 786. The Kier molecular flexibility index (Phi) is 5.86. The molecule has 2 aromatic carbocycles. The highest BCUT2D eigenvalue weighted by Gasteiger charge is 2.13. The van der Waals surface area contributed by atoms with E-state index in [1.165, 1.54) is 6.07 Å². The average Bonchev–Trinajstić information content (AvgIpc) is 2.59. The smallest absolute Gasteiger partial charge is 0.175 e. The van der Waals surface area contributed by atoms with Gasteiger partial charge in [0.15, 0.2) is 5.78 Å². The molecule has 0 amide bonds. The number of carbonyl (C=O) groups is 1. The first-order chi connectivity index (χ1) is 11.5. The first-order valence-electron chi connectivity index (χ1n) is 7.63. The average molecular weight is 323 g/mol. The summed E-state index contributed by atoms with van der Waals surface area (Å²) < 4.78 is 19.1. The highest BCUT2D eigenvalue weighted by molar-refractivity contribution is 6.04. The molecule has 0 unspecified atom stereocenters. The van der Waals surface area contributed by atoms with Crippen molar-refractivity contribution in [2.24, 2.45) is 5.92 Å². The van der Waals surface area contributed by atoms with Crippen molar-refractivity contribution in [2.75, 3.05) is 0 Å². The van der Waals surface area contributed by atoms with Crippen molar-refractivity contribution in [1.29, 1.82) is 5.26 Å². The second-order valence-electron chi connectivity index (χ2n) is 5.64. The van der Waals surface area contributed by atoms with E-state index in [0.29, 0.717) is 11.3 Å². The molecule has 0 spiro atoms. The van der Waals surface area contributed by atoms with Crippen molar-refractivity contribution in [3.8, 4) is 11.8 Å². The molecule has 0 heterocycles. The third-order valence-electron chi connectivity index (χ3n) is 3.45. The lowest BCUT2D eigenvalue weighted by atomic mass is 10.00. The van der Waals surface area contributed by atoms with Crippen molar-refractivity contribution in [3.05, 3.63) is 71.0 Å². The lowest BCUT2D eigenvalue weighted by molar-refractivity contribution is -0.117. The van der Waals surface area contributed by atoms with Gasteiger partial charge in [0.05, 0.1) is 5.57 Å². The fourth-order valence-corrected chi connectivity index (χ4v) is 2.07. The van der Waals surface area contributed by atoms with E-state index < -0.39 is 0 Å². The summed E-state index contributed by atoms with van der Waals surface area (Å²) in [6.45, 7) is 3.65. The Balaban J connectivity index is 2.07. The number of rotatable bonds is 6. The number of nitriles is 1. The van der Waals surface area contributed by atoms with Gasteiger partial charge in [0.2, 0.25) is 0 Å². The number of hydrogen-bond donors (Lipinski definition) is 0. The predicted molar refractivity (Wildman–Crippen MR) is 90.6 cm³/mol. The number of benzene rings is 2. The standard InChI is InChI=1S/C20H18FNO2/c1-14(2)20(23)17(12-22)11-15-7-9-18(10-8-15)24-13-16-5-3-4-6-19(16)21/h3-11,14H,13H2,1-2H3/b17-11-. The molecule has 2 rings (SSSR count). The molecule has 0 saturated heterocycles. The van der Waals surface area contributed by atoms with E-state index in [1.54, 1.807) is 62.4 Å². The van der Waals surface area contributed by atoms with Gasteiger partial charge >= 0.3 is 0 Å². The quantitative estimate of drug-likeness (QED) is 0.579. The molecule has 0 aliphatic rings. The maximum absolute atomic E-state index is 13.5. The van der Waals surface area contributed by atoms with Crippen molar-refractivity contribution in [3.63, 3.8) is 0 Å². The zero-order valence-electron chi connectivity index (χ0n) is 13.6. The number of Topliss-reactive ketones (excluding diaryl/α,β-unsaturated/α-hetero) is 1. The lowest BCUT2D eigenvalue weighted by Gasteiger charge is -2.07. The van der Waals surface area contributed by atoms with E-state index in [2.05, 4.69) is 0 Å². The molecule has 24 heavy (non-hydrogen) atoms. The third kappa shape index (κ3) is 4.53. The number of halogens is 1. The summed E-state index contributed by atoms with van der Waals surface area (Å²) in [4.78, 5) is 11.9. The largest absolute Gasteiger partial charge is 0.489 e. The SMILES string of the molecule is CC(C)C(=O)/C(C#N)=C\c1ccc(OCc2ccccc2F)cc1. The van der Waals surface area contributed by atoms with Crippen LogP contribution in [0.5, 0.6) is 5.75 Å². The zero-order chi connectivity index (χ0) is 17.5. The van der Waals surface area contributed by atoms with Gasteiger partial charge in [-0.15, -0.1) is 0 Å². The van der Waals surface area contributed by atoms with Gasteiger partial charge in [-0.05, 0) is 29.8 Å². The summed E-state index contributed by atoms with van der Waals surface area (Å²) in [5.41, 5.74) is 1.35. The van der Waals surface area contributed by atoms with Gasteiger partial charge in [-0.25, -0.2) is 4.39 Å². The monoisotopic (exact) mass is 323 g/mol. The molecule has 3 nitrogen and oxygen atoms in total. The van der Waals surface area contributed by atoms with E-state index in [9.17, 15) is 9.18 Å². The Morgan fingerprint density at radius 3 is 2.46 bits per heavy atom. The van der Waals surface area contributed by atoms with Gasteiger partial charge in [0.25, 0.3) is 0 Å². The van der Waals surface area contributed by atoms with Crippen LogP contribution < -0.4 is 4.74 Å². The molecule has 0 radical (unpaired) electrons. The summed E-state index contributed by atoms with van der Waals surface area (Å²) in [5, 5.41) is 9.10. The summed E-state index contributed by atoms with van der Waals surface area (Å²) in [7, 11) is 0. The predicted octanol–water partition coefficient (Wildman–Crippen LogP) is 4.54. The minimum absolute atomic E-state index is 0.130. The van der Waals surface area contributed by atoms with Crippen LogP contribution in [0, 0.1) is 23.1 Å². The first-order valence-corrected chi connectivity index (χ1v) is 7.63. The maximum atomic E-state index is 13.5.